The number of methoxy groups -OCH3 is 1. The Morgan fingerprint density at radius 2 is 1.78 bits per heavy atom. The largest absolute Gasteiger partial charge is 0.469 e. The Morgan fingerprint density at radius 1 is 1.06 bits per heavy atom. The highest BCUT2D eigenvalue weighted by Gasteiger charge is 2.61. The number of esters is 1. The van der Waals surface area contributed by atoms with E-state index < -0.39 is 0 Å². The molecule has 0 spiro atoms. The van der Waals surface area contributed by atoms with Gasteiger partial charge < -0.3 is 9.84 Å². The smallest absolute Gasteiger partial charge is 0.308 e. The van der Waals surface area contributed by atoms with Crippen molar-refractivity contribution < 1.29 is 14.6 Å². The topological polar surface area (TPSA) is 46.5 Å². The second kappa shape index (κ2) is 9.43. The van der Waals surface area contributed by atoms with E-state index in [1.165, 1.54) is 50.5 Å². The zero-order chi connectivity index (χ0) is 23.1. The predicted molar refractivity (Wildman–Crippen MR) is 130 cm³/mol. The molecule has 0 aromatic heterocycles. The summed E-state index contributed by atoms with van der Waals surface area (Å²) in [6, 6.07) is 0. The van der Waals surface area contributed by atoms with E-state index in [0.717, 1.165) is 49.9 Å². The highest BCUT2D eigenvalue weighted by atomic mass is 16.5. The van der Waals surface area contributed by atoms with Gasteiger partial charge in [-0.1, -0.05) is 32.4 Å². The Hall–Kier alpha value is -0.830. The summed E-state index contributed by atoms with van der Waals surface area (Å²) < 4.78 is 5.35. The van der Waals surface area contributed by atoms with Crippen molar-refractivity contribution >= 4 is 5.97 Å². The predicted octanol–water partition coefficient (Wildman–Crippen LogP) is 6.93. The van der Waals surface area contributed by atoms with Crippen LogP contribution in [-0.2, 0) is 9.53 Å². The molecule has 4 saturated carbocycles. The molecule has 3 nitrogen and oxygen atoms in total. The van der Waals surface area contributed by atoms with Crippen molar-refractivity contribution in [2.45, 2.75) is 111 Å². The van der Waals surface area contributed by atoms with Crippen LogP contribution in [0.2, 0.25) is 0 Å². The highest BCUT2D eigenvalue weighted by molar-refractivity contribution is 5.72. The van der Waals surface area contributed by atoms with Crippen molar-refractivity contribution in [3.8, 4) is 0 Å². The molecule has 9 atom stereocenters. The van der Waals surface area contributed by atoms with Gasteiger partial charge in [-0.05, 0) is 124 Å². The molecule has 0 aromatic carbocycles. The maximum absolute atomic E-state index is 12.9. The van der Waals surface area contributed by atoms with E-state index in [2.05, 4.69) is 33.8 Å². The minimum absolute atomic E-state index is 0.0264. The molecular formula is C29H48O3. The van der Waals surface area contributed by atoms with Gasteiger partial charge in [0.25, 0.3) is 0 Å². The minimum atomic E-state index is -0.0689. The molecule has 3 heteroatoms. The van der Waals surface area contributed by atoms with Crippen LogP contribution in [0.4, 0.5) is 0 Å². The molecule has 4 aliphatic carbocycles. The van der Waals surface area contributed by atoms with Crippen LogP contribution in [0.1, 0.15) is 105 Å². The first-order valence-corrected chi connectivity index (χ1v) is 13.7. The van der Waals surface area contributed by atoms with E-state index in [9.17, 15) is 9.90 Å². The lowest BCUT2D eigenvalue weighted by atomic mass is 9.44. The molecule has 0 aromatic rings. The number of fused-ring (bicyclic) bond motifs is 5. The molecule has 4 fully saturated rings. The minimum Gasteiger partial charge on any atom is -0.469 e. The Labute approximate surface area is 196 Å². The molecule has 4 aliphatic rings. The van der Waals surface area contributed by atoms with Gasteiger partial charge in [0.05, 0.1) is 19.1 Å². The number of rotatable bonds is 6. The van der Waals surface area contributed by atoms with Gasteiger partial charge >= 0.3 is 5.97 Å². The number of hydrogen-bond donors (Lipinski definition) is 1. The van der Waals surface area contributed by atoms with E-state index in [1.807, 2.05) is 0 Å². The SMILES string of the molecule is CC/C(C)=C/CC[C@@H](C(=O)OC)[C@H]1CC[C@H]2[C@@H]3CC[C@H]4C[C@@H](O)CC[C@]4(C)[C@H]3CC[C@]12C. The monoisotopic (exact) mass is 444 g/mol. The van der Waals surface area contributed by atoms with Crippen LogP contribution in [-0.4, -0.2) is 24.3 Å². The summed E-state index contributed by atoms with van der Waals surface area (Å²) in [5.41, 5.74) is 2.12. The van der Waals surface area contributed by atoms with E-state index in [0.29, 0.717) is 17.3 Å². The average Bonchev–Trinajstić information content (AvgIpc) is 3.13. The van der Waals surface area contributed by atoms with Gasteiger partial charge in [0.2, 0.25) is 0 Å². The Balaban J connectivity index is 1.53. The lowest BCUT2D eigenvalue weighted by molar-refractivity contribution is -0.154. The molecule has 0 aliphatic heterocycles. The number of aliphatic hydroxyl groups excluding tert-OH is 1. The normalized spacial score (nSPS) is 44.9. The second-order valence-electron chi connectivity index (χ2n) is 12.4. The maximum atomic E-state index is 12.9. The standard InChI is InChI=1S/C29H48O3/c1-6-19(2)8-7-9-23(27(31)32-5)25-13-12-24-22-11-10-20-18-21(30)14-16-28(20,3)26(22)15-17-29(24,25)4/h8,20-26,30H,6-7,9-18H2,1-5H3/b19-8+/t20-,21-,22-,23+,24-,25+,26-,28-,29-/m0/s1. The van der Waals surface area contributed by atoms with Crippen molar-refractivity contribution in [3.63, 3.8) is 0 Å². The molecule has 1 N–H and O–H groups in total. The Kier molecular flexibility index (Phi) is 7.16. The Morgan fingerprint density at radius 3 is 2.50 bits per heavy atom. The van der Waals surface area contributed by atoms with Crippen LogP contribution in [0.5, 0.6) is 0 Å². The van der Waals surface area contributed by atoms with Crippen molar-refractivity contribution in [2.75, 3.05) is 7.11 Å². The fraction of sp³-hybridized carbons (Fsp3) is 0.897. The van der Waals surface area contributed by atoms with E-state index in [-0.39, 0.29) is 23.4 Å². The van der Waals surface area contributed by atoms with E-state index in [4.69, 9.17) is 4.74 Å². The van der Waals surface area contributed by atoms with Gasteiger partial charge in [-0.3, -0.25) is 4.79 Å². The average molecular weight is 445 g/mol. The fourth-order valence-electron chi connectivity index (χ4n) is 9.23. The summed E-state index contributed by atoms with van der Waals surface area (Å²) in [5, 5.41) is 10.3. The first-order valence-electron chi connectivity index (χ1n) is 13.7. The lowest BCUT2D eigenvalue weighted by Crippen LogP contribution is -2.54. The molecule has 0 heterocycles. The van der Waals surface area contributed by atoms with E-state index >= 15 is 0 Å². The fourth-order valence-corrected chi connectivity index (χ4v) is 9.23. The molecule has 0 amide bonds. The first-order chi connectivity index (χ1) is 15.2. The summed E-state index contributed by atoms with van der Waals surface area (Å²) in [6.07, 6.45) is 16.2. The summed E-state index contributed by atoms with van der Waals surface area (Å²) >= 11 is 0. The molecule has 4 rings (SSSR count). The number of aliphatic hydroxyl groups is 1. The molecule has 0 saturated heterocycles. The third kappa shape index (κ3) is 4.10. The molecule has 32 heavy (non-hydrogen) atoms. The summed E-state index contributed by atoms with van der Waals surface area (Å²) in [6.45, 7) is 9.50. The van der Waals surface area contributed by atoms with Gasteiger partial charge in [0, 0.05) is 0 Å². The maximum Gasteiger partial charge on any atom is 0.308 e. The second-order valence-corrected chi connectivity index (χ2v) is 12.4. The van der Waals surface area contributed by atoms with Gasteiger partial charge in [0.1, 0.15) is 0 Å². The zero-order valence-electron chi connectivity index (χ0n) is 21.4. The van der Waals surface area contributed by atoms with Crippen LogP contribution in [0.25, 0.3) is 0 Å². The molecule has 0 bridgehead atoms. The van der Waals surface area contributed by atoms with Crippen molar-refractivity contribution in [3.05, 3.63) is 11.6 Å². The van der Waals surface area contributed by atoms with Gasteiger partial charge in [-0.25, -0.2) is 0 Å². The molecular weight excluding hydrogens is 396 g/mol. The summed E-state index contributed by atoms with van der Waals surface area (Å²) in [4.78, 5) is 12.9. The number of ether oxygens (including phenoxy) is 1. The van der Waals surface area contributed by atoms with Crippen molar-refractivity contribution in [2.24, 2.45) is 46.3 Å². The third-order valence-corrected chi connectivity index (χ3v) is 11.2. The van der Waals surface area contributed by atoms with Crippen molar-refractivity contribution in [1.29, 1.82) is 0 Å². The van der Waals surface area contributed by atoms with Gasteiger partial charge in [0.15, 0.2) is 0 Å². The number of carbonyl (C=O) groups excluding carboxylic acids is 1. The third-order valence-electron chi connectivity index (χ3n) is 11.2. The van der Waals surface area contributed by atoms with Crippen LogP contribution in [0.3, 0.4) is 0 Å². The van der Waals surface area contributed by atoms with Gasteiger partial charge in [-0.15, -0.1) is 0 Å². The van der Waals surface area contributed by atoms with Crippen LogP contribution < -0.4 is 0 Å². The lowest BCUT2D eigenvalue weighted by Gasteiger charge is -2.61. The van der Waals surface area contributed by atoms with Crippen LogP contribution in [0, 0.1) is 46.3 Å². The zero-order valence-corrected chi connectivity index (χ0v) is 21.4. The first kappa shape index (κ1) is 24.3. The van der Waals surface area contributed by atoms with Gasteiger partial charge in [-0.2, -0.15) is 0 Å². The van der Waals surface area contributed by atoms with Crippen LogP contribution >= 0.6 is 0 Å². The highest BCUT2D eigenvalue weighted by Crippen LogP contribution is 2.68. The number of carbonyl (C=O) groups is 1. The van der Waals surface area contributed by atoms with Crippen molar-refractivity contribution in [1.82, 2.24) is 0 Å². The van der Waals surface area contributed by atoms with E-state index in [1.54, 1.807) is 7.11 Å². The molecule has 0 unspecified atom stereocenters. The number of hydrogen-bond acceptors (Lipinski definition) is 3. The molecule has 182 valence electrons. The Bertz CT molecular complexity index is 713. The number of allylic oxidation sites excluding steroid dienone is 2. The quantitative estimate of drug-likeness (QED) is 0.357. The summed E-state index contributed by atoms with van der Waals surface area (Å²) in [5.74, 6) is 3.65. The molecule has 0 radical (unpaired) electrons. The van der Waals surface area contributed by atoms with Crippen LogP contribution in [0.15, 0.2) is 11.6 Å². The summed E-state index contributed by atoms with van der Waals surface area (Å²) in [7, 11) is 1.58.